The van der Waals surface area contributed by atoms with E-state index in [9.17, 15) is 14.0 Å². The predicted molar refractivity (Wildman–Crippen MR) is 141 cm³/mol. The molecule has 0 saturated carbocycles. The van der Waals surface area contributed by atoms with Crippen molar-refractivity contribution in [3.8, 4) is 16.9 Å². The summed E-state index contributed by atoms with van der Waals surface area (Å²) in [6.07, 6.45) is 1.33. The van der Waals surface area contributed by atoms with Gasteiger partial charge in [-0.2, -0.15) is 5.10 Å². The van der Waals surface area contributed by atoms with E-state index < -0.39 is 17.6 Å². The molecule has 3 heterocycles. The fourth-order valence-electron chi connectivity index (χ4n) is 4.02. The maximum absolute atomic E-state index is 14.3. The van der Waals surface area contributed by atoms with Gasteiger partial charge in [-0.1, -0.05) is 35.9 Å². The average Bonchev–Trinajstić information content (AvgIpc) is 3.37. The number of hydrogen-bond donors (Lipinski definition) is 3. The highest BCUT2D eigenvalue weighted by Gasteiger charge is 2.21. The molecule has 9 nitrogen and oxygen atoms in total. The van der Waals surface area contributed by atoms with E-state index in [1.54, 1.807) is 18.2 Å². The van der Waals surface area contributed by atoms with Crippen molar-refractivity contribution >= 4 is 29.2 Å². The number of nitrogens with zero attached hydrogens (tertiary/aromatic N) is 3. The molecule has 4 aromatic rings. The third-order valence-corrected chi connectivity index (χ3v) is 6.25. The second-order valence-electron chi connectivity index (χ2n) is 8.55. The van der Waals surface area contributed by atoms with Crippen LogP contribution in [0.25, 0.3) is 16.9 Å². The number of amides is 2. The molecule has 5 rings (SSSR count). The molecule has 1 fully saturated rings. The molecule has 2 aromatic heterocycles. The number of nitrogens with one attached hydrogen (secondary N) is 3. The van der Waals surface area contributed by atoms with E-state index in [1.165, 1.54) is 41.2 Å². The minimum Gasteiger partial charge on any atom is -0.374 e. The summed E-state index contributed by atoms with van der Waals surface area (Å²) >= 11 is 6.33. The molecule has 11 heteroatoms. The molecule has 0 bridgehead atoms. The first-order valence-electron chi connectivity index (χ1n) is 12.0. The van der Waals surface area contributed by atoms with Crippen LogP contribution in [-0.2, 0) is 4.74 Å². The molecule has 194 valence electrons. The van der Waals surface area contributed by atoms with Gasteiger partial charge in [0.25, 0.3) is 11.8 Å². The molecule has 0 spiro atoms. The molecular weight excluding hydrogens is 511 g/mol. The zero-order valence-electron chi connectivity index (χ0n) is 20.2. The van der Waals surface area contributed by atoms with Crippen molar-refractivity contribution in [1.82, 2.24) is 25.4 Å². The van der Waals surface area contributed by atoms with Gasteiger partial charge >= 0.3 is 0 Å². The second kappa shape index (κ2) is 11.5. The number of anilines is 1. The fraction of sp³-hybridized carbons (Fsp3) is 0.185. The predicted octanol–water partition coefficient (Wildman–Crippen LogP) is 3.70. The molecule has 0 unspecified atom stereocenters. The number of hydrogen-bond acceptors (Lipinski definition) is 6. The lowest BCUT2D eigenvalue weighted by molar-refractivity contribution is 0.0286. The molecule has 38 heavy (non-hydrogen) atoms. The van der Waals surface area contributed by atoms with E-state index in [2.05, 4.69) is 26.0 Å². The van der Waals surface area contributed by atoms with Gasteiger partial charge in [-0.15, -0.1) is 0 Å². The minimum absolute atomic E-state index is 0.101. The Morgan fingerprint density at radius 1 is 1.11 bits per heavy atom. The highest BCUT2D eigenvalue weighted by atomic mass is 35.5. The van der Waals surface area contributed by atoms with Crippen LogP contribution < -0.4 is 16.0 Å². The van der Waals surface area contributed by atoms with E-state index in [0.717, 1.165) is 6.54 Å². The highest BCUT2D eigenvalue weighted by Crippen LogP contribution is 2.27. The molecule has 1 aliphatic rings. The van der Waals surface area contributed by atoms with Gasteiger partial charge in [0.2, 0.25) is 0 Å². The monoisotopic (exact) mass is 534 g/mol. The first kappa shape index (κ1) is 25.5. The molecule has 1 saturated heterocycles. The largest absolute Gasteiger partial charge is 0.374 e. The van der Waals surface area contributed by atoms with E-state index in [0.29, 0.717) is 30.9 Å². The number of aromatic nitrogens is 3. The van der Waals surface area contributed by atoms with E-state index in [-0.39, 0.29) is 33.9 Å². The second-order valence-corrected chi connectivity index (χ2v) is 8.96. The van der Waals surface area contributed by atoms with Crippen molar-refractivity contribution in [3.05, 3.63) is 95.0 Å². The number of para-hydroxylation sites is 1. The zero-order chi connectivity index (χ0) is 26.5. The van der Waals surface area contributed by atoms with E-state index >= 15 is 0 Å². The van der Waals surface area contributed by atoms with Gasteiger partial charge < -0.3 is 20.7 Å². The van der Waals surface area contributed by atoms with Gasteiger partial charge in [-0.05, 0) is 36.4 Å². The number of benzene rings is 2. The fourth-order valence-corrected chi connectivity index (χ4v) is 4.23. The SMILES string of the molecule is O=C(NC[C@@H]1CNCCO1)c1cc(NC(=O)c2cc(-c3ncccc3F)ccc2Cl)n(-c2ccccc2)n1. The van der Waals surface area contributed by atoms with Crippen molar-refractivity contribution in [1.29, 1.82) is 0 Å². The average molecular weight is 535 g/mol. The molecular formula is C27H24ClFN6O3. The molecule has 1 atom stereocenters. The van der Waals surface area contributed by atoms with Crippen molar-refractivity contribution in [3.63, 3.8) is 0 Å². The van der Waals surface area contributed by atoms with Crippen LogP contribution in [0.5, 0.6) is 0 Å². The van der Waals surface area contributed by atoms with Gasteiger partial charge in [0.1, 0.15) is 17.3 Å². The summed E-state index contributed by atoms with van der Waals surface area (Å²) in [7, 11) is 0. The lowest BCUT2D eigenvalue weighted by Crippen LogP contribution is -2.45. The first-order valence-corrected chi connectivity index (χ1v) is 12.3. The first-order chi connectivity index (χ1) is 18.5. The summed E-state index contributed by atoms with van der Waals surface area (Å²) in [4.78, 5) is 30.3. The third kappa shape index (κ3) is 5.72. The van der Waals surface area contributed by atoms with E-state index in [1.807, 2.05) is 18.2 Å². The Morgan fingerprint density at radius 2 is 1.95 bits per heavy atom. The Morgan fingerprint density at radius 3 is 2.71 bits per heavy atom. The quantitative estimate of drug-likeness (QED) is 0.333. The van der Waals surface area contributed by atoms with Crippen LogP contribution >= 0.6 is 11.6 Å². The Balaban J connectivity index is 1.41. The summed E-state index contributed by atoms with van der Waals surface area (Å²) in [5.74, 6) is -1.23. The van der Waals surface area contributed by atoms with Crippen molar-refractivity contribution in [2.45, 2.75) is 6.10 Å². The Bertz CT molecular complexity index is 1460. The van der Waals surface area contributed by atoms with Crippen molar-refractivity contribution in [2.75, 3.05) is 31.6 Å². The van der Waals surface area contributed by atoms with Crippen molar-refractivity contribution < 1.29 is 18.7 Å². The van der Waals surface area contributed by atoms with Crippen LogP contribution in [0.1, 0.15) is 20.8 Å². The van der Waals surface area contributed by atoms with Crippen LogP contribution in [0.4, 0.5) is 10.2 Å². The summed E-state index contributed by atoms with van der Waals surface area (Å²) in [5, 5.41) is 13.4. The standard InChI is InChI=1S/C27H24ClFN6O3/c28-21-9-8-17(25-22(29)7-4-10-31-25)13-20(21)26(36)33-24-14-23(34-35(24)18-5-2-1-3-6-18)27(37)32-16-19-15-30-11-12-38-19/h1-10,13-14,19,30H,11-12,15-16H2,(H,32,37)(H,33,36)/t19-/m0/s1. The third-order valence-electron chi connectivity index (χ3n) is 5.92. The Hall–Kier alpha value is -4.12. The molecule has 0 aliphatic carbocycles. The number of halogens is 2. The molecule has 1 aliphatic heterocycles. The number of pyridine rings is 1. The van der Waals surface area contributed by atoms with Gasteiger partial charge in [0.15, 0.2) is 5.69 Å². The van der Waals surface area contributed by atoms with Gasteiger partial charge in [0, 0.05) is 37.5 Å². The summed E-state index contributed by atoms with van der Waals surface area (Å²) < 4.78 is 21.4. The van der Waals surface area contributed by atoms with Crippen LogP contribution in [0, 0.1) is 5.82 Å². The number of ether oxygens (including phenoxy) is 1. The number of rotatable bonds is 7. The lowest BCUT2D eigenvalue weighted by Gasteiger charge is -2.23. The molecule has 2 amide bonds. The van der Waals surface area contributed by atoms with Crippen molar-refractivity contribution in [2.24, 2.45) is 0 Å². The Kier molecular flexibility index (Phi) is 7.73. The summed E-state index contributed by atoms with van der Waals surface area (Å²) in [5.41, 5.74) is 1.36. The zero-order valence-corrected chi connectivity index (χ0v) is 20.9. The molecule has 0 radical (unpaired) electrons. The minimum atomic E-state index is -0.557. The van der Waals surface area contributed by atoms with Gasteiger partial charge in [-0.25, -0.2) is 9.07 Å². The number of morpholine rings is 1. The smallest absolute Gasteiger partial charge is 0.271 e. The lowest BCUT2D eigenvalue weighted by atomic mass is 10.1. The number of carbonyl (C=O) groups is 2. The van der Waals surface area contributed by atoms with Crippen LogP contribution in [-0.4, -0.2) is 58.9 Å². The van der Waals surface area contributed by atoms with Gasteiger partial charge in [-0.3, -0.25) is 14.6 Å². The maximum Gasteiger partial charge on any atom is 0.271 e. The normalized spacial score (nSPS) is 15.2. The van der Waals surface area contributed by atoms with Gasteiger partial charge in [0.05, 0.1) is 29.0 Å². The molecule has 2 aromatic carbocycles. The molecule has 3 N–H and O–H groups in total. The summed E-state index contributed by atoms with van der Waals surface area (Å²) in [6, 6.07) is 17.9. The van der Waals surface area contributed by atoms with Crippen LogP contribution in [0.3, 0.4) is 0 Å². The maximum atomic E-state index is 14.3. The van der Waals surface area contributed by atoms with Crippen LogP contribution in [0.2, 0.25) is 5.02 Å². The highest BCUT2D eigenvalue weighted by molar-refractivity contribution is 6.34. The van der Waals surface area contributed by atoms with Crippen LogP contribution in [0.15, 0.2) is 72.9 Å². The van der Waals surface area contributed by atoms with E-state index in [4.69, 9.17) is 16.3 Å². The summed E-state index contributed by atoms with van der Waals surface area (Å²) in [6.45, 7) is 2.31. The number of carbonyl (C=O) groups excluding carboxylic acids is 2. The Labute approximate surface area is 223 Å². The topological polar surface area (TPSA) is 110 Å².